The number of hydrogen-bond acceptors (Lipinski definition) is 7. The number of rotatable bonds is 5. The third-order valence-corrected chi connectivity index (χ3v) is 5.31. The average Bonchev–Trinajstić information content (AvgIpc) is 3.08. The van der Waals surface area contributed by atoms with Crippen molar-refractivity contribution in [3.8, 4) is 6.07 Å². The van der Waals surface area contributed by atoms with E-state index < -0.39 is 0 Å². The smallest absolute Gasteiger partial charge is 0.257 e. The van der Waals surface area contributed by atoms with Gasteiger partial charge in [-0.2, -0.15) is 5.26 Å². The minimum Gasteiger partial charge on any atom is -0.296 e. The molecule has 25 heavy (non-hydrogen) atoms. The number of nitrogens with zero attached hydrogens (tertiary/aromatic N) is 4. The molecule has 6 nitrogen and oxygen atoms in total. The number of carbonyl (C=O) groups excluding carboxylic acids is 1. The summed E-state index contributed by atoms with van der Waals surface area (Å²) in [6.45, 7) is 0. The molecule has 2 heterocycles. The van der Waals surface area contributed by atoms with Crippen molar-refractivity contribution in [1.82, 2.24) is 15.2 Å². The van der Waals surface area contributed by atoms with Crippen LogP contribution in [0.25, 0.3) is 0 Å². The Bertz CT molecular complexity index is 936. The molecule has 1 aromatic carbocycles. The van der Waals surface area contributed by atoms with Crippen LogP contribution < -0.4 is 5.32 Å². The summed E-state index contributed by atoms with van der Waals surface area (Å²) in [7, 11) is 0. The Balaban J connectivity index is 1.58. The van der Waals surface area contributed by atoms with Crippen LogP contribution in [0.4, 0.5) is 5.13 Å². The van der Waals surface area contributed by atoms with E-state index in [9.17, 15) is 4.79 Å². The van der Waals surface area contributed by atoms with E-state index in [-0.39, 0.29) is 11.1 Å². The highest BCUT2D eigenvalue weighted by Crippen LogP contribution is 2.28. The number of halogens is 1. The zero-order chi connectivity index (χ0) is 17.6. The summed E-state index contributed by atoms with van der Waals surface area (Å²) in [5, 5.41) is 20.2. The normalized spacial score (nSPS) is 10.2. The minimum absolute atomic E-state index is 0.253. The average molecular weight is 388 g/mol. The number of nitriles is 1. The van der Waals surface area contributed by atoms with E-state index >= 15 is 0 Å². The van der Waals surface area contributed by atoms with E-state index in [2.05, 4.69) is 26.6 Å². The van der Waals surface area contributed by atoms with Crippen LogP contribution in [-0.4, -0.2) is 21.1 Å². The van der Waals surface area contributed by atoms with Gasteiger partial charge in [-0.1, -0.05) is 46.8 Å². The maximum Gasteiger partial charge on any atom is 0.257 e. The first-order valence-electron chi connectivity index (χ1n) is 7.02. The molecule has 0 saturated heterocycles. The predicted molar refractivity (Wildman–Crippen MR) is 97.8 cm³/mol. The second kappa shape index (κ2) is 8.07. The lowest BCUT2D eigenvalue weighted by Crippen LogP contribution is -2.11. The molecule has 0 bridgehead atoms. The second-order valence-electron chi connectivity index (χ2n) is 4.79. The summed E-state index contributed by atoms with van der Waals surface area (Å²) in [6.07, 6.45) is 1.47. The highest BCUT2D eigenvalue weighted by atomic mass is 35.5. The zero-order valence-corrected chi connectivity index (χ0v) is 15.0. The Morgan fingerprint density at radius 1 is 1.28 bits per heavy atom. The molecule has 0 atom stereocenters. The molecular formula is C16H10ClN5OS2. The van der Waals surface area contributed by atoms with Gasteiger partial charge in [0.15, 0.2) is 4.34 Å². The van der Waals surface area contributed by atoms with Crippen LogP contribution in [0.15, 0.2) is 46.9 Å². The van der Waals surface area contributed by atoms with E-state index in [1.165, 1.54) is 35.4 Å². The Hall–Kier alpha value is -2.47. The predicted octanol–water partition coefficient (Wildman–Crippen LogP) is 4.00. The molecule has 0 aliphatic rings. The molecule has 0 aliphatic heterocycles. The number of amides is 1. The lowest BCUT2D eigenvalue weighted by Gasteiger charge is -2.00. The fourth-order valence-corrected chi connectivity index (χ4v) is 3.73. The number of pyridine rings is 1. The van der Waals surface area contributed by atoms with Gasteiger partial charge >= 0.3 is 0 Å². The van der Waals surface area contributed by atoms with Crippen LogP contribution in [0.2, 0.25) is 5.15 Å². The van der Waals surface area contributed by atoms with Crippen molar-refractivity contribution in [3.63, 3.8) is 0 Å². The molecule has 2 aromatic heterocycles. The van der Waals surface area contributed by atoms with E-state index in [0.29, 0.717) is 22.0 Å². The van der Waals surface area contributed by atoms with Gasteiger partial charge in [0.1, 0.15) is 5.15 Å². The maximum atomic E-state index is 12.1. The maximum absolute atomic E-state index is 12.1. The van der Waals surface area contributed by atoms with Crippen molar-refractivity contribution in [3.05, 3.63) is 64.4 Å². The van der Waals surface area contributed by atoms with Gasteiger partial charge in [-0.25, -0.2) is 4.98 Å². The van der Waals surface area contributed by atoms with E-state index in [1.807, 2.05) is 12.1 Å². The van der Waals surface area contributed by atoms with Gasteiger partial charge in [0.2, 0.25) is 5.13 Å². The standard InChI is InChI=1S/C16H10ClN5OS2/c17-13-7-12(5-6-19-13)14(23)20-15-21-22-16(25-15)24-9-11-3-1-10(8-18)2-4-11/h1-7H,9H2,(H,20,21,23). The lowest BCUT2D eigenvalue weighted by molar-refractivity contribution is 0.102. The highest BCUT2D eigenvalue weighted by molar-refractivity contribution is 8.00. The van der Waals surface area contributed by atoms with Crippen LogP contribution in [0.1, 0.15) is 21.5 Å². The number of thioether (sulfide) groups is 1. The molecule has 0 aliphatic carbocycles. The van der Waals surface area contributed by atoms with Crippen molar-refractivity contribution in [2.75, 3.05) is 5.32 Å². The van der Waals surface area contributed by atoms with Crippen LogP contribution in [0.5, 0.6) is 0 Å². The molecule has 0 radical (unpaired) electrons. The molecule has 0 unspecified atom stereocenters. The molecule has 124 valence electrons. The van der Waals surface area contributed by atoms with Crippen molar-refractivity contribution in [2.24, 2.45) is 0 Å². The largest absolute Gasteiger partial charge is 0.296 e. The van der Waals surface area contributed by atoms with Crippen LogP contribution >= 0.6 is 34.7 Å². The number of aromatic nitrogens is 3. The van der Waals surface area contributed by atoms with E-state index in [1.54, 1.807) is 18.2 Å². The van der Waals surface area contributed by atoms with Crippen molar-refractivity contribution in [1.29, 1.82) is 5.26 Å². The summed E-state index contributed by atoms with van der Waals surface area (Å²) in [5.74, 6) is 0.387. The molecule has 1 N–H and O–H groups in total. The number of nitrogens with one attached hydrogen (secondary N) is 1. The monoisotopic (exact) mass is 387 g/mol. The van der Waals surface area contributed by atoms with Gasteiger partial charge in [-0.05, 0) is 29.8 Å². The quantitative estimate of drug-likeness (QED) is 0.404. The third-order valence-electron chi connectivity index (χ3n) is 3.06. The lowest BCUT2D eigenvalue weighted by atomic mass is 10.2. The van der Waals surface area contributed by atoms with Gasteiger partial charge in [-0.3, -0.25) is 10.1 Å². The number of hydrogen-bond donors (Lipinski definition) is 1. The van der Waals surface area contributed by atoms with E-state index in [4.69, 9.17) is 16.9 Å². The number of carbonyl (C=O) groups is 1. The molecule has 3 aromatic rings. The topological polar surface area (TPSA) is 91.6 Å². The van der Waals surface area contributed by atoms with Crippen LogP contribution in [-0.2, 0) is 5.75 Å². The summed E-state index contributed by atoms with van der Waals surface area (Å²) < 4.78 is 0.743. The summed E-state index contributed by atoms with van der Waals surface area (Å²) in [5.41, 5.74) is 2.11. The first kappa shape index (κ1) is 17.4. The van der Waals surface area contributed by atoms with Gasteiger partial charge in [-0.15, -0.1) is 10.2 Å². The van der Waals surface area contributed by atoms with Crippen molar-refractivity contribution >= 4 is 45.7 Å². The first-order chi connectivity index (χ1) is 12.1. The zero-order valence-electron chi connectivity index (χ0n) is 12.6. The van der Waals surface area contributed by atoms with Crippen LogP contribution in [0, 0.1) is 11.3 Å². The number of anilines is 1. The molecular weight excluding hydrogens is 378 g/mol. The van der Waals surface area contributed by atoms with Gasteiger partial charge in [0, 0.05) is 17.5 Å². The first-order valence-corrected chi connectivity index (χ1v) is 9.20. The Morgan fingerprint density at radius 3 is 2.80 bits per heavy atom. The van der Waals surface area contributed by atoms with Gasteiger partial charge < -0.3 is 0 Å². The fourth-order valence-electron chi connectivity index (χ4n) is 1.85. The third kappa shape index (κ3) is 4.76. The summed E-state index contributed by atoms with van der Waals surface area (Å²) in [6, 6.07) is 12.5. The Labute approximate surface area is 156 Å². The van der Waals surface area contributed by atoms with Gasteiger partial charge in [0.25, 0.3) is 5.91 Å². The number of benzene rings is 1. The Morgan fingerprint density at radius 2 is 2.08 bits per heavy atom. The molecule has 0 saturated carbocycles. The molecule has 0 spiro atoms. The molecule has 0 fully saturated rings. The molecule has 9 heteroatoms. The SMILES string of the molecule is N#Cc1ccc(CSc2nnc(NC(=O)c3ccnc(Cl)c3)s2)cc1. The fraction of sp³-hybridized carbons (Fsp3) is 0.0625. The Kier molecular flexibility index (Phi) is 5.60. The second-order valence-corrected chi connectivity index (χ2v) is 7.38. The molecule has 3 rings (SSSR count). The summed E-state index contributed by atoms with van der Waals surface area (Å²) in [4.78, 5) is 16.0. The molecule has 1 amide bonds. The summed E-state index contributed by atoms with van der Waals surface area (Å²) >= 11 is 8.58. The van der Waals surface area contributed by atoms with E-state index in [0.717, 1.165) is 9.90 Å². The van der Waals surface area contributed by atoms with Crippen LogP contribution in [0.3, 0.4) is 0 Å². The minimum atomic E-state index is -0.316. The van der Waals surface area contributed by atoms with Crippen molar-refractivity contribution < 1.29 is 4.79 Å². The highest BCUT2D eigenvalue weighted by Gasteiger charge is 2.11. The van der Waals surface area contributed by atoms with Crippen molar-refractivity contribution in [2.45, 2.75) is 10.1 Å². The van der Waals surface area contributed by atoms with Gasteiger partial charge in [0.05, 0.1) is 11.6 Å².